The molecule has 0 spiro atoms. The summed E-state index contributed by atoms with van der Waals surface area (Å²) in [6.07, 6.45) is -1.28. The van der Waals surface area contributed by atoms with E-state index in [0.29, 0.717) is 26.1 Å². The second-order valence-corrected chi connectivity index (χ2v) is 15.1. The average molecular weight is 678 g/mol. The van der Waals surface area contributed by atoms with Crippen LogP contribution in [0, 0.1) is 18.3 Å². The lowest BCUT2D eigenvalue weighted by Crippen LogP contribution is -2.57. The van der Waals surface area contributed by atoms with Gasteiger partial charge in [-0.1, -0.05) is 102 Å². The molecule has 1 aliphatic heterocycles. The molecule has 1 unspecified atom stereocenters. The molecule has 0 saturated carbocycles. The molecule has 0 radical (unpaired) electrons. The number of aliphatic hydroxyl groups excluding tert-OH is 1. The summed E-state index contributed by atoms with van der Waals surface area (Å²) in [6.45, 7) is 13.5. The summed E-state index contributed by atoms with van der Waals surface area (Å²) in [6, 6.07) is 17.0. The highest BCUT2D eigenvalue weighted by molar-refractivity contribution is 7.09. The van der Waals surface area contributed by atoms with Crippen LogP contribution in [0.1, 0.15) is 75.2 Å². The van der Waals surface area contributed by atoms with Crippen molar-refractivity contribution < 1.29 is 24.6 Å². The zero-order valence-corrected chi connectivity index (χ0v) is 29.7. The number of aromatic nitrogens is 1. The summed E-state index contributed by atoms with van der Waals surface area (Å²) in [5, 5.41) is 30.2. The standard InChI is InChI=1S/C37H51N5O5S/c1-7-24(2)33(42-19-18-41(36(42)47)22-28-23-48-25(3)38-28)34(44)39-30(32(37(4,5)6)27-16-12-9-13-17-27)21-31(43)29(40-35(45)46)20-26-14-10-8-11-15-26/h8-17,23-24,29-33,40,43H,7,18-22H2,1-6H3,(H,39,44)(H,45,46)/t24-,29-,30-,31+,32?,33-/m0/s1. The van der Waals surface area contributed by atoms with Gasteiger partial charge in [-0.15, -0.1) is 11.3 Å². The number of carboxylic acid groups (broad SMARTS) is 1. The summed E-state index contributed by atoms with van der Waals surface area (Å²) in [5.41, 5.74) is 2.36. The maximum Gasteiger partial charge on any atom is 0.404 e. The highest BCUT2D eigenvalue weighted by Gasteiger charge is 2.43. The Morgan fingerprint density at radius 1 is 1.00 bits per heavy atom. The summed E-state index contributed by atoms with van der Waals surface area (Å²) >= 11 is 1.54. The van der Waals surface area contributed by atoms with Gasteiger partial charge in [-0.3, -0.25) is 4.79 Å². The van der Waals surface area contributed by atoms with Crippen molar-refractivity contribution in [3.63, 3.8) is 0 Å². The number of amides is 4. The molecular formula is C37H51N5O5S. The Morgan fingerprint density at radius 2 is 1.65 bits per heavy atom. The van der Waals surface area contributed by atoms with Gasteiger partial charge in [-0.05, 0) is 42.2 Å². The van der Waals surface area contributed by atoms with Gasteiger partial charge in [0.05, 0.1) is 29.4 Å². The van der Waals surface area contributed by atoms with E-state index in [4.69, 9.17) is 0 Å². The first kappa shape index (κ1) is 36.9. The molecule has 0 bridgehead atoms. The van der Waals surface area contributed by atoms with Crippen LogP contribution in [0.25, 0.3) is 0 Å². The number of aliphatic hydroxyl groups is 1. The monoisotopic (exact) mass is 677 g/mol. The van der Waals surface area contributed by atoms with E-state index in [1.165, 1.54) is 0 Å². The predicted octanol–water partition coefficient (Wildman–Crippen LogP) is 6.05. The van der Waals surface area contributed by atoms with Gasteiger partial charge in [0.25, 0.3) is 0 Å². The van der Waals surface area contributed by atoms with Crippen molar-refractivity contribution in [2.75, 3.05) is 13.1 Å². The SMILES string of the molecule is CC[C@H](C)[C@@H](C(=O)N[C@@H](C[C@@H](O)[C@H](Cc1ccccc1)NC(=O)O)C(c1ccccc1)C(C)(C)C)N1CCN(Cc2csc(C)n2)C1=O. The molecule has 10 nitrogen and oxygen atoms in total. The van der Waals surface area contributed by atoms with E-state index in [1.54, 1.807) is 21.1 Å². The Morgan fingerprint density at radius 3 is 2.21 bits per heavy atom. The smallest absolute Gasteiger partial charge is 0.404 e. The van der Waals surface area contributed by atoms with Crippen LogP contribution in [0.4, 0.5) is 9.59 Å². The van der Waals surface area contributed by atoms with E-state index in [1.807, 2.05) is 86.8 Å². The lowest BCUT2D eigenvalue weighted by Gasteiger charge is -2.41. The fourth-order valence-corrected chi connectivity index (χ4v) is 7.49. The second-order valence-electron chi connectivity index (χ2n) is 14.0. The van der Waals surface area contributed by atoms with Gasteiger partial charge in [0.15, 0.2) is 0 Å². The Hall–Kier alpha value is -3.96. The van der Waals surface area contributed by atoms with Gasteiger partial charge in [0, 0.05) is 30.4 Å². The van der Waals surface area contributed by atoms with Crippen LogP contribution in [0.2, 0.25) is 0 Å². The van der Waals surface area contributed by atoms with Crippen molar-refractivity contribution in [2.24, 2.45) is 11.3 Å². The largest absolute Gasteiger partial charge is 0.465 e. The number of aryl methyl sites for hydroxylation is 1. The van der Waals surface area contributed by atoms with Crippen molar-refractivity contribution in [3.8, 4) is 0 Å². The topological polar surface area (TPSA) is 135 Å². The van der Waals surface area contributed by atoms with Crippen LogP contribution < -0.4 is 10.6 Å². The molecule has 48 heavy (non-hydrogen) atoms. The third-order valence-electron chi connectivity index (χ3n) is 9.32. The maximum absolute atomic E-state index is 14.5. The van der Waals surface area contributed by atoms with Crippen molar-refractivity contribution in [1.29, 1.82) is 0 Å². The van der Waals surface area contributed by atoms with Gasteiger partial charge >= 0.3 is 12.1 Å². The quantitative estimate of drug-likeness (QED) is 0.155. The highest BCUT2D eigenvalue weighted by atomic mass is 32.1. The molecule has 11 heteroatoms. The van der Waals surface area contributed by atoms with Crippen LogP contribution in [0.15, 0.2) is 66.0 Å². The zero-order chi connectivity index (χ0) is 35.0. The molecule has 3 aromatic rings. The number of nitrogens with zero attached hydrogens (tertiary/aromatic N) is 3. The number of benzene rings is 2. The van der Waals surface area contributed by atoms with E-state index in [2.05, 4.69) is 36.4 Å². The van der Waals surface area contributed by atoms with Gasteiger partial charge in [0.1, 0.15) is 6.04 Å². The summed E-state index contributed by atoms with van der Waals surface area (Å²) < 4.78 is 0. The molecule has 4 rings (SSSR count). The molecule has 4 amide bonds. The number of hydrogen-bond donors (Lipinski definition) is 4. The van der Waals surface area contributed by atoms with Gasteiger partial charge in [-0.2, -0.15) is 0 Å². The minimum atomic E-state index is -1.23. The van der Waals surface area contributed by atoms with Gasteiger partial charge in [0.2, 0.25) is 5.91 Å². The molecule has 260 valence electrons. The number of rotatable bonds is 15. The number of urea groups is 1. The highest BCUT2D eigenvalue weighted by Crippen LogP contribution is 2.40. The third kappa shape index (κ3) is 9.56. The summed E-state index contributed by atoms with van der Waals surface area (Å²) in [7, 11) is 0. The van der Waals surface area contributed by atoms with Crippen molar-refractivity contribution >= 4 is 29.4 Å². The summed E-state index contributed by atoms with van der Waals surface area (Å²) in [5.74, 6) is -0.654. The number of nitrogens with one attached hydrogen (secondary N) is 2. The molecule has 1 fully saturated rings. The fraction of sp³-hybridized carbons (Fsp3) is 0.514. The van der Waals surface area contributed by atoms with E-state index in [0.717, 1.165) is 21.8 Å². The Balaban J connectivity index is 1.65. The van der Waals surface area contributed by atoms with Crippen LogP contribution >= 0.6 is 11.3 Å². The Kier molecular flexibility index (Phi) is 12.6. The lowest BCUT2D eigenvalue weighted by atomic mass is 9.70. The van der Waals surface area contributed by atoms with E-state index < -0.39 is 30.3 Å². The minimum Gasteiger partial charge on any atom is -0.465 e. The van der Waals surface area contributed by atoms with Crippen molar-refractivity contribution in [3.05, 3.63) is 87.9 Å². The Bertz CT molecular complexity index is 1490. The molecule has 1 saturated heterocycles. The van der Waals surface area contributed by atoms with Crippen LogP contribution in [-0.2, 0) is 17.8 Å². The van der Waals surface area contributed by atoms with Crippen molar-refractivity contribution in [2.45, 2.75) is 97.5 Å². The molecule has 2 heterocycles. The van der Waals surface area contributed by atoms with Gasteiger partial charge in [-0.25, -0.2) is 14.6 Å². The van der Waals surface area contributed by atoms with Crippen LogP contribution in [0.5, 0.6) is 0 Å². The van der Waals surface area contributed by atoms with E-state index in [-0.39, 0.29) is 42.0 Å². The predicted molar refractivity (Wildman–Crippen MR) is 189 cm³/mol. The second kappa shape index (κ2) is 16.4. The normalized spacial score (nSPS) is 17.4. The molecule has 2 aromatic carbocycles. The third-order valence-corrected chi connectivity index (χ3v) is 10.1. The molecule has 4 N–H and O–H groups in total. The van der Waals surface area contributed by atoms with Crippen LogP contribution in [-0.4, -0.2) is 80.3 Å². The fourth-order valence-electron chi connectivity index (χ4n) is 6.89. The van der Waals surface area contributed by atoms with Crippen LogP contribution in [0.3, 0.4) is 0 Å². The molecule has 1 aromatic heterocycles. The van der Waals surface area contributed by atoms with Gasteiger partial charge < -0.3 is 30.6 Å². The number of carbonyl (C=O) groups is 3. The first-order valence-electron chi connectivity index (χ1n) is 16.8. The molecule has 1 aliphatic rings. The van der Waals surface area contributed by atoms with E-state index >= 15 is 0 Å². The lowest BCUT2D eigenvalue weighted by molar-refractivity contribution is -0.128. The Labute approximate surface area is 288 Å². The maximum atomic E-state index is 14.5. The average Bonchev–Trinajstić information content (AvgIpc) is 3.61. The first-order chi connectivity index (χ1) is 22.8. The first-order valence-corrected chi connectivity index (χ1v) is 17.7. The molecular weight excluding hydrogens is 627 g/mol. The molecule has 0 aliphatic carbocycles. The zero-order valence-electron chi connectivity index (χ0n) is 28.9. The van der Waals surface area contributed by atoms with E-state index in [9.17, 15) is 24.6 Å². The van der Waals surface area contributed by atoms with Crippen molar-refractivity contribution in [1.82, 2.24) is 25.4 Å². The molecule has 6 atom stereocenters. The minimum absolute atomic E-state index is 0.0941. The number of thiazole rings is 1. The number of carbonyl (C=O) groups excluding carboxylic acids is 2. The summed E-state index contributed by atoms with van der Waals surface area (Å²) in [4.78, 5) is 48.1. The number of hydrogen-bond acceptors (Lipinski definition) is 6.